The minimum absolute atomic E-state index is 0.330. The minimum atomic E-state index is -0.374. The Morgan fingerprint density at radius 2 is 2.15 bits per heavy atom. The molecular formula is C12H10BrFN6. The summed E-state index contributed by atoms with van der Waals surface area (Å²) in [4.78, 5) is 8.49. The van der Waals surface area contributed by atoms with Gasteiger partial charge in [0.05, 0.1) is 17.3 Å². The van der Waals surface area contributed by atoms with E-state index in [0.29, 0.717) is 33.0 Å². The summed E-state index contributed by atoms with van der Waals surface area (Å²) in [6.45, 7) is 0. The zero-order valence-electron chi connectivity index (χ0n) is 10.4. The summed E-state index contributed by atoms with van der Waals surface area (Å²) < 4.78 is 14.5. The van der Waals surface area contributed by atoms with E-state index in [0.717, 1.165) is 0 Å². The first kappa shape index (κ1) is 12.8. The average Bonchev–Trinajstić information content (AvgIpc) is 2.90. The number of nitrogens with one attached hydrogen (secondary N) is 3. The lowest BCUT2D eigenvalue weighted by atomic mass is 10.3. The van der Waals surface area contributed by atoms with Crippen molar-refractivity contribution in [3.05, 3.63) is 34.7 Å². The molecule has 3 aromatic rings. The number of hydrogen-bond acceptors (Lipinski definition) is 5. The van der Waals surface area contributed by atoms with E-state index in [1.165, 1.54) is 6.07 Å². The van der Waals surface area contributed by atoms with Crippen LogP contribution in [-0.2, 0) is 0 Å². The highest BCUT2D eigenvalue weighted by molar-refractivity contribution is 9.10. The van der Waals surface area contributed by atoms with Crippen LogP contribution in [0.1, 0.15) is 0 Å². The maximum atomic E-state index is 13.9. The monoisotopic (exact) mass is 336 g/mol. The fourth-order valence-electron chi connectivity index (χ4n) is 1.76. The molecule has 0 amide bonds. The van der Waals surface area contributed by atoms with Crippen molar-refractivity contribution >= 4 is 44.4 Å². The molecule has 0 aliphatic carbocycles. The van der Waals surface area contributed by atoms with Gasteiger partial charge in [0.25, 0.3) is 0 Å². The number of nitrogens with zero attached hydrogens (tertiary/aromatic N) is 3. The van der Waals surface area contributed by atoms with Crippen LogP contribution in [0.15, 0.2) is 28.9 Å². The molecule has 8 heteroatoms. The Hall–Kier alpha value is -2.22. The third-order valence-electron chi connectivity index (χ3n) is 2.72. The Balaban J connectivity index is 2.07. The van der Waals surface area contributed by atoms with Gasteiger partial charge in [-0.3, -0.25) is 5.10 Å². The first-order valence-corrected chi connectivity index (χ1v) is 6.57. The van der Waals surface area contributed by atoms with Gasteiger partial charge in [-0.25, -0.2) is 4.39 Å². The topological polar surface area (TPSA) is 78.5 Å². The van der Waals surface area contributed by atoms with Gasteiger partial charge in [-0.15, -0.1) is 0 Å². The van der Waals surface area contributed by atoms with Gasteiger partial charge in [-0.1, -0.05) is 15.9 Å². The molecule has 0 saturated carbocycles. The van der Waals surface area contributed by atoms with Gasteiger partial charge < -0.3 is 10.6 Å². The molecule has 0 aliphatic rings. The lowest BCUT2D eigenvalue weighted by Gasteiger charge is -2.09. The highest BCUT2D eigenvalue weighted by Crippen LogP contribution is 2.26. The van der Waals surface area contributed by atoms with Gasteiger partial charge >= 0.3 is 0 Å². The van der Waals surface area contributed by atoms with E-state index in [2.05, 4.69) is 46.7 Å². The van der Waals surface area contributed by atoms with E-state index in [-0.39, 0.29) is 5.82 Å². The fraction of sp³-hybridized carbons (Fsp3) is 0.0833. The Morgan fingerprint density at radius 3 is 2.90 bits per heavy atom. The molecule has 6 nitrogen and oxygen atoms in total. The number of halogens is 2. The number of hydrogen-bond donors (Lipinski definition) is 3. The number of aromatic nitrogens is 4. The second-order valence-corrected chi connectivity index (χ2v) is 4.94. The Morgan fingerprint density at radius 1 is 1.30 bits per heavy atom. The van der Waals surface area contributed by atoms with Crippen LogP contribution in [0.2, 0.25) is 0 Å². The summed E-state index contributed by atoms with van der Waals surface area (Å²) in [5, 5.41) is 13.2. The van der Waals surface area contributed by atoms with Crippen molar-refractivity contribution in [1.29, 1.82) is 0 Å². The number of rotatable bonds is 3. The third-order valence-corrected chi connectivity index (χ3v) is 3.21. The molecule has 2 heterocycles. The highest BCUT2D eigenvalue weighted by Gasteiger charge is 2.11. The van der Waals surface area contributed by atoms with Crippen LogP contribution in [0.4, 0.5) is 21.8 Å². The molecule has 0 radical (unpaired) electrons. The van der Waals surface area contributed by atoms with Crippen LogP contribution in [0, 0.1) is 5.82 Å². The number of fused-ring (bicyclic) bond motifs is 1. The van der Waals surface area contributed by atoms with Crippen molar-refractivity contribution in [3.8, 4) is 0 Å². The molecule has 0 atom stereocenters. The molecule has 3 rings (SSSR count). The van der Waals surface area contributed by atoms with Crippen LogP contribution in [-0.4, -0.2) is 27.2 Å². The summed E-state index contributed by atoms with van der Waals surface area (Å²) in [7, 11) is 1.71. The van der Waals surface area contributed by atoms with Crippen LogP contribution in [0.25, 0.3) is 11.0 Å². The van der Waals surface area contributed by atoms with Crippen LogP contribution >= 0.6 is 15.9 Å². The maximum Gasteiger partial charge on any atom is 0.226 e. The lowest BCUT2D eigenvalue weighted by Crippen LogP contribution is -2.02. The van der Waals surface area contributed by atoms with Crippen LogP contribution in [0.3, 0.4) is 0 Å². The van der Waals surface area contributed by atoms with E-state index in [1.54, 1.807) is 25.4 Å². The second kappa shape index (κ2) is 5.04. The number of anilines is 3. The molecule has 3 N–H and O–H groups in total. The minimum Gasteiger partial charge on any atom is -0.357 e. The Kier molecular flexibility index (Phi) is 3.23. The predicted octanol–water partition coefficient (Wildman–Crippen LogP) is 3.04. The SMILES string of the molecule is CNc1nc(Nc2ccc(Br)cc2F)c2cn[nH]c2n1. The number of benzene rings is 1. The van der Waals surface area contributed by atoms with Crippen molar-refractivity contribution in [2.75, 3.05) is 17.7 Å². The van der Waals surface area contributed by atoms with E-state index in [4.69, 9.17) is 0 Å². The van der Waals surface area contributed by atoms with Crippen molar-refractivity contribution < 1.29 is 4.39 Å². The quantitative estimate of drug-likeness (QED) is 0.685. The van der Waals surface area contributed by atoms with E-state index in [9.17, 15) is 4.39 Å². The van der Waals surface area contributed by atoms with Gasteiger partial charge in [-0.05, 0) is 18.2 Å². The molecule has 0 saturated heterocycles. The summed E-state index contributed by atoms with van der Waals surface area (Å²) in [6, 6.07) is 4.76. The standard InChI is InChI=1S/C12H10BrFN6/c1-15-12-18-10(7-5-16-20-11(7)19-12)17-9-3-2-6(13)4-8(9)14/h2-5H,1H3,(H3,15,16,17,18,19,20). The normalized spacial score (nSPS) is 10.8. The largest absolute Gasteiger partial charge is 0.357 e. The summed E-state index contributed by atoms with van der Waals surface area (Å²) >= 11 is 3.22. The zero-order valence-corrected chi connectivity index (χ0v) is 12.0. The molecule has 0 bridgehead atoms. The number of H-pyrrole nitrogens is 1. The third kappa shape index (κ3) is 2.29. The zero-order chi connectivity index (χ0) is 14.1. The van der Waals surface area contributed by atoms with E-state index >= 15 is 0 Å². The molecule has 0 unspecified atom stereocenters. The summed E-state index contributed by atoms with van der Waals surface area (Å²) in [6.07, 6.45) is 1.59. The van der Waals surface area contributed by atoms with E-state index < -0.39 is 0 Å². The van der Waals surface area contributed by atoms with Crippen molar-refractivity contribution in [2.45, 2.75) is 0 Å². The van der Waals surface area contributed by atoms with Gasteiger partial charge in [0.15, 0.2) is 5.65 Å². The smallest absolute Gasteiger partial charge is 0.226 e. The molecule has 20 heavy (non-hydrogen) atoms. The van der Waals surface area contributed by atoms with Crippen LogP contribution < -0.4 is 10.6 Å². The first-order chi connectivity index (χ1) is 9.67. The van der Waals surface area contributed by atoms with Crippen molar-refractivity contribution in [2.24, 2.45) is 0 Å². The van der Waals surface area contributed by atoms with Crippen LogP contribution in [0.5, 0.6) is 0 Å². The second-order valence-electron chi connectivity index (χ2n) is 4.03. The summed E-state index contributed by atoms with van der Waals surface area (Å²) in [5.41, 5.74) is 0.904. The molecule has 0 spiro atoms. The average molecular weight is 337 g/mol. The first-order valence-electron chi connectivity index (χ1n) is 5.78. The van der Waals surface area contributed by atoms with E-state index in [1.807, 2.05) is 0 Å². The molecular weight excluding hydrogens is 327 g/mol. The van der Waals surface area contributed by atoms with Gasteiger partial charge in [-0.2, -0.15) is 15.1 Å². The Labute approximate surface area is 122 Å². The molecule has 2 aromatic heterocycles. The lowest BCUT2D eigenvalue weighted by molar-refractivity contribution is 0.631. The molecule has 1 aromatic carbocycles. The molecule has 102 valence electrons. The predicted molar refractivity (Wildman–Crippen MR) is 78.6 cm³/mol. The van der Waals surface area contributed by atoms with Crippen molar-refractivity contribution in [3.63, 3.8) is 0 Å². The van der Waals surface area contributed by atoms with Gasteiger partial charge in [0.1, 0.15) is 11.6 Å². The molecule has 0 fully saturated rings. The van der Waals surface area contributed by atoms with Gasteiger partial charge in [0.2, 0.25) is 5.95 Å². The maximum absolute atomic E-state index is 13.9. The highest BCUT2D eigenvalue weighted by atomic mass is 79.9. The van der Waals surface area contributed by atoms with Gasteiger partial charge in [0, 0.05) is 11.5 Å². The molecule has 0 aliphatic heterocycles. The number of aromatic amines is 1. The fourth-order valence-corrected chi connectivity index (χ4v) is 2.09. The summed E-state index contributed by atoms with van der Waals surface area (Å²) in [5.74, 6) is 0.525. The van der Waals surface area contributed by atoms with Crippen molar-refractivity contribution in [1.82, 2.24) is 20.2 Å². The Bertz CT molecular complexity index is 772.